The Kier molecular flexibility index (Phi) is 11.5. The van der Waals surface area contributed by atoms with E-state index in [2.05, 4.69) is 30.6 Å². The maximum absolute atomic E-state index is 14.1. The normalized spacial score (nSPS) is 26.0. The van der Waals surface area contributed by atoms with Crippen molar-refractivity contribution in [3.63, 3.8) is 0 Å². The number of carbonyl (C=O) groups is 2. The van der Waals surface area contributed by atoms with Crippen LogP contribution in [-0.2, 0) is 39.4 Å². The number of nitrogens with zero attached hydrogens (tertiary/aromatic N) is 8. The van der Waals surface area contributed by atoms with Crippen LogP contribution in [0.5, 0.6) is 0 Å². The summed E-state index contributed by atoms with van der Waals surface area (Å²) in [5, 5.41) is 26.9. The summed E-state index contributed by atoms with van der Waals surface area (Å²) in [6.07, 6.45) is -4.83. The summed E-state index contributed by atoms with van der Waals surface area (Å²) in [4.78, 5) is 30.9. The molecule has 54 heavy (non-hydrogen) atoms. The van der Waals surface area contributed by atoms with E-state index in [9.17, 15) is 41.0 Å². The minimum atomic E-state index is -4.73. The molecule has 23 heteroatoms. The van der Waals surface area contributed by atoms with Gasteiger partial charge < -0.3 is 28.8 Å². The van der Waals surface area contributed by atoms with Crippen molar-refractivity contribution in [1.29, 1.82) is 0 Å². The largest absolute Gasteiger partial charge is 0.463 e. The van der Waals surface area contributed by atoms with Gasteiger partial charge >= 0.3 is 18.1 Å². The lowest BCUT2D eigenvalue weighted by Crippen LogP contribution is -2.58. The molecule has 0 saturated carbocycles. The first-order valence-corrected chi connectivity index (χ1v) is 16.9. The molecule has 0 amide bonds. The Morgan fingerprint density at radius 3 is 2.19 bits per heavy atom. The van der Waals surface area contributed by atoms with Crippen LogP contribution in [0.2, 0.25) is 0 Å². The highest BCUT2D eigenvalue weighted by molar-refractivity contribution is 8.00. The first-order valence-electron chi connectivity index (χ1n) is 15.9. The van der Waals surface area contributed by atoms with Gasteiger partial charge in [0, 0.05) is 44.5 Å². The molecule has 2 aliphatic rings. The number of ether oxygens (including phenoxy) is 5. The zero-order valence-electron chi connectivity index (χ0n) is 28.3. The van der Waals surface area contributed by atoms with Crippen LogP contribution in [-0.4, -0.2) is 119 Å². The lowest BCUT2D eigenvalue weighted by molar-refractivity contribution is -0.208. The molecule has 2 aliphatic heterocycles. The number of aliphatic hydroxyl groups is 1. The summed E-state index contributed by atoms with van der Waals surface area (Å²) in [5.74, 6) is -7.34. The molecule has 2 saturated heterocycles. The van der Waals surface area contributed by atoms with E-state index in [1.54, 1.807) is 0 Å². The van der Waals surface area contributed by atoms with Gasteiger partial charge in [0.15, 0.2) is 23.6 Å². The highest BCUT2D eigenvalue weighted by Gasteiger charge is 2.52. The molecule has 0 spiro atoms. The quantitative estimate of drug-likeness (QED) is 0.140. The number of carbonyl (C=O) groups excluding carboxylic acids is 2. The highest BCUT2D eigenvalue weighted by atomic mass is 32.2. The fourth-order valence-electron chi connectivity index (χ4n) is 5.94. The zero-order valence-corrected chi connectivity index (χ0v) is 29.1. The van der Waals surface area contributed by atoms with E-state index >= 15 is 0 Å². The first-order chi connectivity index (χ1) is 25.6. The van der Waals surface area contributed by atoms with Crippen LogP contribution in [0.4, 0.5) is 26.3 Å². The molecule has 0 radical (unpaired) electrons. The van der Waals surface area contributed by atoms with Gasteiger partial charge in [0.1, 0.15) is 47.7 Å². The Morgan fingerprint density at radius 2 is 1.57 bits per heavy atom. The number of esters is 2. The number of hydrogen-bond donors (Lipinski definition) is 1. The first kappa shape index (κ1) is 39.0. The molecule has 0 aliphatic carbocycles. The third-order valence-corrected chi connectivity index (χ3v) is 9.86. The van der Waals surface area contributed by atoms with Crippen molar-refractivity contribution in [3.05, 3.63) is 60.2 Å². The summed E-state index contributed by atoms with van der Waals surface area (Å²) < 4.78 is 112. The number of halogens is 6. The van der Waals surface area contributed by atoms with E-state index in [1.165, 1.54) is 28.9 Å². The van der Waals surface area contributed by atoms with Gasteiger partial charge in [-0.25, -0.2) is 32.5 Å². The second kappa shape index (κ2) is 15.9. The molecule has 1 aromatic carbocycles. The van der Waals surface area contributed by atoms with Crippen LogP contribution in [0, 0.1) is 17.5 Å². The van der Waals surface area contributed by atoms with Crippen molar-refractivity contribution in [2.75, 3.05) is 26.9 Å². The molecule has 4 aromatic rings. The number of rotatable bonds is 10. The smallest absolute Gasteiger partial charge is 0.451 e. The Hall–Kier alpha value is -4.71. The lowest BCUT2D eigenvalue weighted by atomic mass is 9.96. The highest BCUT2D eigenvalue weighted by Crippen LogP contribution is 2.42. The van der Waals surface area contributed by atoms with Gasteiger partial charge in [0.05, 0.1) is 37.0 Å². The van der Waals surface area contributed by atoms with Gasteiger partial charge in [-0.05, 0) is 12.1 Å². The number of alkyl halides is 3. The predicted molar refractivity (Wildman–Crippen MR) is 169 cm³/mol. The van der Waals surface area contributed by atoms with Crippen molar-refractivity contribution in [2.24, 2.45) is 0 Å². The number of aliphatic hydroxyl groups excluding tert-OH is 1. The molecule has 5 heterocycles. The fraction of sp³-hybridized carbons (Fsp3) is 0.484. The van der Waals surface area contributed by atoms with Crippen molar-refractivity contribution < 1.29 is 64.7 Å². The SMILES string of the molecule is COC1C(SC2COCC(n3cc(-c4cnc(C(F)(F)F)nc4)nn3)C2O)OC(COC(C)=O)C(OC(C)=O)C1n1cc(-c2cc(F)c(F)c(F)c2)nn1. The van der Waals surface area contributed by atoms with Crippen LogP contribution < -0.4 is 0 Å². The zero-order chi connectivity index (χ0) is 38.9. The minimum absolute atomic E-state index is 0.00521. The van der Waals surface area contributed by atoms with E-state index in [4.69, 9.17) is 23.7 Å². The van der Waals surface area contributed by atoms with Crippen LogP contribution in [0.3, 0.4) is 0 Å². The molecule has 3 aromatic heterocycles. The third kappa shape index (κ3) is 8.33. The number of methoxy groups -OCH3 is 1. The van der Waals surface area contributed by atoms with Crippen molar-refractivity contribution in [1.82, 2.24) is 40.0 Å². The maximum atomic E-state index is 14.1. The molecule has 8 atom stereocenters. The standard InChI is InChI=1S/C31H30F6N8O8S/c1-13(46)51-11-22-27(52-14(2)47)25(45-9-19(40-43-45)15-4-17(32)24(34)18(33)5-15)28(49-3)29(53-22)54-23-12-50-10-21(26(23)48)44-8-20(41-42-44)16-6-38-30(39-7-16)31(35,36)37/h4-9,21-23,25-29,48H,10-12H2,1-3H3. The molecule has 0 bridgehead atoms. The second-order valence-corrected chi connectivity index (χ2v) is 13.4. The summed E-state index contributed by atoms with van der Waals surface area (Å²) >= 11 is 1.06. The Balaban J connectivity index is 1.28. The number of benzene rings is 1. The summed E-state index contributed by atoms with van der Waals surface area (Å²) in [6, 6.07) is -0.476. The van der Waals surface area contributed by atoms with E-state index in [0.29, 0.717) is 0 Å². The van der Waals surface area contributed by atoms with Crippen molar-refractivity contribution in [3.8, 4) is 22.5 Å². The topological polar surface area (TPSA) is 188 Å². The average molecular weight is 789 g/mol. The van der Waals surface area contributed by atoms with Gasteiger partial charge in [-0.3, -0.25) is 9.59 Å². The second-order valence-electron chi connectivity index (χ2n) is 12.1. The predicted octanol–water partition coefficient (Wildman–Crippen LogP) is 2.94. The van der Waals surface area contributed by atoms with Crippen LogP contribution in [0.1, 0.15) is 31.8 Å². The number of hydrogen-bond acceptors (Lipinski definition) is 15. The van der Waals surface area contributed by atoms with Gasteiger partial charge in [-0.15, -0.1) is 22.0 Å². The lowest BCUT2D eigenvalue weighted by Gasteiger charge is -2.46. The molecule has 8 unspecified atom stereocenters. The maximum Gasteiger partial charge on any atom is 0.451 e. The van der Waals surface area contributed by atoms with E-state index in [1.807, 2.05) is 0 Å². The number of thioether (sulfide) groups is 1. The Bertz CT molecular complexity index is 1950. The van der Waals surface area contributed by atoms with E-state index in [0.717, 1.165) is 50.1 Å². The fourth-order valence-corrected chi connectivity index (χ4v) is 7.43. The van der Waals surface area contributed by atoms with Crippen LogP contribution in [0.25, 0.3) is 22.5 Å². The summed E-state index contributed by atoms with van der Waals surface area (Å²) in [6.45, 7) is 1.85. The Labute approximate surface area is 305 Å². The summed E-state index contributed by atoms with van der Waals surface area (Å²) in [5.41, 5.74) is -0.987. The molecular weight excluding hydrogens is 758 g/mol. The monoisotopic (exact) mass is 788 g/mol. The average Bonchev–Trinajstić information content (AvgIpc) is 3.81. The van der Waals surface area contributed by atoms with Crippen molar-refractivity contribution >= 4 is 23.7 Å². The molecular formula is C31H30F6N8O8S. The number of aromatic nitrogens is 8. The Morgan fingerprint density at radius 1 is 0.944 bits per heavy atom. The van der Waals surface area contributed by atoms with Crippen molar-refractivity contribution in [2.45, 2.75) is 67.2 Å². The molecule has 2 fully saturated rings. The van der Waals surface area contributed by atoms with Gasteiger partial charge in [0.25, 0.3) is 0 Å². The molecule has 1 N–H and O–H groups in total. The van der Waals surface area contributed by atoms with Gasteiger partial charge in [0.2, 0.25) is 5.82 Å². The molecule has 16 nitrogen and oxygen atoms in total. The summed E-state index contributed by atoms with van der Waals surface area (Å²) in [7, 11) is 1.33. The van der Waals surface area contributed by atoms with Crippen LogP contribution in [0.15, 0.2) is 36.9 Å². The molecule has 6 rings (SSSR count). The third-order valence-electron chi connectivity index (χ3n) is 8.44. The van der Waals surface area contributed by atoms with E-state index < -0.39 is 95.2 Å². The van der Waals surface area contributed by atoms with Gasteiger partial charge in [-0.2, -0.15) is 13.2 Å². The van der Waals surface area contributed by atoms with Gasteiger partial charge in [-0.1, -0.05) is 10.4 Å². The molecule has 290 valence electrons. The van der Waals surface area contributed by atoms with Crippen LogP contribution >= 0.6 is 11.8 Å². The van der Waals surface area contributed by atoms with E-state index in [-0.39, 0.29) is 35.7 Å². The minimum Gasteiger partial charge on any atom is -0.463 e.